The minimum atomic E-state index is -0.676. The maximum atomic E-state index is 11.8. The highest BCUT2D eigenvalue weighted by Gasteiger charge is 2.07. The quantitative estimate of drug-likeness (QED) is 0.476. The van der Waals surface area contributed by atoms with E-state index >= 15 is 0 Å². The van der Waals surface area contributed by atoms with E-state index in [2.05, 4.69) is 10.6 Å². The molecule has 0 saturated carbocycles. The molecule has 0 bridgehead atoms. The fraction of sp³-hybridized carbons (Fsp3) is 0.222. The normalized spacial score (nSPS) is 11.6. The first kappa shape index (κ1) is 20.6. The number of benzene rings is 1. The van der Waals surface area contributed by atoms with Crippen molar-refractivity contribution < 1.29 is 19.2 Å². The van der Waals surface area contributed by atoms with Gasteiger partial charge in [-0.05, 0) is 25.0 Å². The molecule has 0 aliphatic carbocycles. The van der Waals surface area contributed by atoms with Gasteiger partial charge < -0.3 is 22.1 Å². The number of nitrogens with two attached hydrogens (primary N) is 2. The van der Waals surface area contributed by atoms with Crippen LogP contribution in [0, 0.1) is 0 Å². The molecular weight excluding hydrogens is 336 g/mol. The number of primary amides is 2. The van der Waals surface area contributed by atoms with Crippen LogP contribution in [-0.4, -0.2) is 23.6 Å². The van der Waals surface area contributed by atoms with Gasteiger partial charge in [-0.3, -0.25) is 19.2 Å². The molecule has 0 atom stereocenters. The van der Waals surface area contributed by atoms with Gasteiger partial charge in [0.05, 0.1) is 0 Å². The second kappa shape index (κ2) is 9.77. The maximum absolute atomic E-state index is 11.8. The SMILES string of the molecule is CC(=CC(N)=O)C(=O)NCc1ccc(CNC(=O)C(C)=CC(N)=O)cc1. The second-order valence-corrected chi connectivity index (χ2v) is 5.64. The molecule has 0 fully saturated rings. The summed E-state index contributed by atoms with van der Waals surface area (Å²) in [6, 6.07) is 7.23. The first-order valence-corrected chi connectivity index (χ1v) is 7.78. The zero-order valence-electron chi connectivity index (χ0n) is 14.7. The number of rotatable bonds is 8. The predicted octanol–water partition coefficient (Wildman–Crippen LogP) is -0.218. The van der Waals surface area contributed by atoms with E-state index < -0.39 is 11.8 Å². The van der Waals surface area contributed by atoms with Crippen molar-refractivity contribution in [2.75, 3.05) is 0 Å². The molecular formula is C18H22N4O4. The monoisotopic (exact) mass is 358 g/mol. The summed E-state index contributed by atoms with van der Waals surface area (Å²) in [6.45, 7) is 3.58. The van der Waals surface area contributed by atoms with E-state index in [1.807, 2.05) is 0 Å². The van der Waals surface area contributed by atoms with E-state index in [9.17, 15) is 19.2 Å². The molecule has 0 unspecified atom stereocenters. The van der Waals surface area contributed by atoms with Crippen LogP contribution < -0.4 is 22.1 Å². The van der Waals surface area contributed by atoms with Gasteiger partial charge in [-0.25, -0.2) is 0 Å². The lowest BCUT2D eigenvalue weighted by Crippen LogP contribution is -2.25. The number of amides is 4. The molecule has 8 heteroatoms. The maximum Gasteiger partial charge on any atom is 0.247 e. The molecule has 0 spiro atoms. The van der Waals surface area contributed by atoms with Crippen LogP contribution in [0.15, 0.2) is 47.6 Å². The first-order valence-electron chi connectivity index (χ1n) is 7.78. The van der Waals surface area contributed by atoms with Gasteiger partial charge in [-0.2, -0.15) is 0 Å². The highest BCUT2D eigenvalue weighted by Crippen LogP contribution is 2.05. The molecule has 8 nitrogen and oxygen atoms in total. The lowest BCUT2D eigenvalue weighted by Gasteiger charge is -2.08. The Morgan fingerprint density at radius 3 is 1.35 bits per heavy atom. The van der Waals surface area contributed by atoms with Crippen molar-refractivity contribution in [1.82, 2.24) is 10.6 Å². The Labute approximate surface area is 151 Å². The van der Waals surface area contributed by atoms with Gasteiger partial charge in [0.1, 0.15) is 0 Å². The topological polar surface area (TPSA) is 144 Å². The molecule has 0 aliphatic heterocycles. The lowest BCUT2D eigenvalue weighted by molar-refractivity contribution is -0.119. The van der Waals surface area contributed by atoms with E-state index in [1.54, 1.807) is 24.3 Å². The smallest absolute Gasteiger partial charge is 0.247 e. The summed E-state index contributed by atoms with van der Waals surface area (Å²) >= 11 is 0. The molecule has 0 radical (unpaired) electrons. The standard InChI is InChI=1S/C18H22N4O4/c1-11(7-15(19)23)17(25)21-9-13-3-5-14(6-4-13)10-22-18(26)12(2)8-16(20)24/h3-8H,9-10H2,1-2H3,(H2,19,23)(H2,20,24)(H,21,25)(H,22,26). The summed E-state index contributed by atoms with van der Waals surface area (Å²) in [5.41, 5.74) is 12.2. The largest absolute Gasteiger partial charge is 0.366 e. The average molecular weight is 358 g/mol. The number of hydrogen-bond acceptors (Lipinski definition) is 4. The third-order valence-corrected chi connectivity index (χ3v) is 3.36. The van der Waals surface area contributed by atoms with E-state index in [0.717, 1.165) is 23.3 Å². The molecule has 1 rings (SSSR count). The fourth-order valence-electron chi connectivity index (χ4n) is 1.98. The first-order chi connectivity index (χ1) is 12.2. The Morgan fingerprint density at radius 1 is 0.769 bits per heavy atom. The Bertz CT molecular complexity index is 699. The predicted molar refractivity (Wildman–Crippen MR) is 96.0 cm³/mol. The van der Waals surface area contributed by atoms with Gasteiger partial charge in [0.25, 0.3) is 0 Å². The Hall–Kier alpha value is -3.42. The Kier molecular flexibility index (Phi) is 7.75. The van der Waals surface area contributed by atoms with Gasteiger partial charge >= 0.3 is 0 Å². The minimum Gasteiger partial charge on any atom is -0.366 e. The van der Waals surface area contributed by atoms with Crippen molar-refractivity contribution in [1.29, 1.82) is 0 Å². The third-order valence-electron chi connectivity index (χ3n) is 3.36. The fourth-order valence-corrected chi connectivity index (χ4v) is 1.98. The van der Waals surface area contributed by atoms with Gasteiger partial charge in [-0.1, -0.05) is 24.3 Å². The zero-order chi connectivity index (χ0) is 19.7. The van der Waals surface area contributed by atoms with Crippen molar-refractivity contribution in [2.24, 2.45) is 11.5 Å². The van der Waals surface area contributed by atoms with Crippen LogP contribution in [0.3, 0.4) is 0 Å². The number of nitrogens with one attached hydrogen (secondary N) is 2. The molecule has 6 N–H and O–H groups in total. The van der Waals surface area contributed by atoms with Gasteiger partial charge in [0, 0.05) is 36.4 Å². The van der Waals surface area contributed by atoms with Crippen molar-refractivity contribution in [3.63, 3.8) is 0 Å². The molecule has 0 saturated heterocycles. The summed E-state index contributed by atoms with van der Waals surface area (Å²) in [5, 5.41) is 5.34. The molecule has 26 heavy (non-hydrogen) atoms. The van der Waals surface area contributed by atoms with Crippen LogP contribution in [0.1, 0.15) is 25.0 Å². The lowest BCUT2D eigenvalue weighted by atomic mass is 10.1. The molecule has 0 aromatic heterocycles. The van der Waals surface area contributed by atoms with Crippen LogP contribution in [0.4, 0.5) is 0 Å². The Balaban J connectivity index is 2.54. The molecule has 1 aromatic rings. The van der Waals surface area contributed by atoms with Crippen LogP contribution in [-0.2, 0) is 32.3 Å². The average Bonchev–Trinajstić information content (AvgIpc) is 2.57. The molecule has 1 aromatic carbocycles. The summed E-state index contributed by atoms with van der Waals surface area (Å²) in [5.74, 6) is -2.11. The highest BCUT2D eigenvalue weighted by atomic mass is 16.2. The molecule has 138 valence electrons. The van der Waals surface area contributed by atoms with E-state index in [-0.39, 0.29) is 36.1 Å². The summed E-state index contributed by atoms with van der Waals surface area (Å²) in [4.78, 5) is 45.0. The third kappa shape index (κ3) is 7.43. The Morgan fingerprint density at radius 2 is 1.08 bits per heavy atom. The molecule has 0 aliphatic rings. The highest BCUT2D eigenvalue weighted by molar-refractivity contribution is 6.00. The van der Waals surface area contributed by atoms with Gasteiger partial charge in [0.2, 0.25) is 23.6 Å². The second-order valence-electron chi connectivity index (χ2n) is 5.64. The number of carbonyl (C=O) groups excluding carboxylic acids is 4. The molecule has 0 heterocycles. The summed E-state index contributed by atoms with van der Waals surface area (Å²) in [7, 11) is 0. The van der Waals surface area contributed by atoms with Crippen LogP contribution in [0.5, 0.6) is 0 Å². The summed E-state index contributed by atoms with van der Waals surface area (Å²) < 4.78 is 0. The van der Waals surface area contributed by atoms with Crippen molar-refractivity contribution in [3.8, 4) is 0 Å². The van der Waals surface area contributed by atoms with E-state index in [1.165, 1.54) is 13.8 Å². The van der Waals surface area contributed by atoms with Crippen LogP contribution in [0.2, 0.25) is 0 Å². The van der Waals surface area contributed by atoms with Crippen LogP contribution >= 0.6 is 0 Å². The molecule has 4 amide bonds. The minimum absolute atomic E-state index is 0.233. The number of hydrogen-bond donors (Lipinski definition) is 4. The van der Waals surface area contributed by atoms with E-state index in [4.69, 9.17) is 11.5 Å². The van der Waals surface area contributed by atoms with Gasteiger partial charge in [-0.15, -0.1) is 0 Å². The van der Waals surface area contributed by atoms with Crippen molar-refractivity contribution in [2.45, 2.75) is 26.9 Å². The van der Waals surface area contributed by atoms with Crippen LogP contribution in [0.25, 0.3) is 0 Å². The number of carbonyl (C=O) groups is 4. The zero-order valence-corrected chi connectivity index (χ0v) is 14.7. The van der Waals surface area contributed by atoms with Crippen molar-refractivity contribution >= 4 is 23.6 Å². The van der Waals surface area contributed by atoms with E-state index in [0.29, 0.717) is 0 Å². The summed E-state index contributed by atoms with van der Waals surface area (Å²) in [6.07, 6.45) is 2.13. The van der Waals surface area contributed by atoms with Gasteiger partial charge in [0.15, 0.2) is 0 Å². The van der Waals surface area contributed by atoms with Crippen molar-refractivity contribution in [3.05, 3.63) is 58.7 Å².